The van der Waals surface area contributed by atoms with Crippen LogP contribution in [0.25, 0.3) is 0 Å². The first-order chi connectivity index (χ1) is 16.9. The number of aromatic nitrogens is 2. The molecule has 0 saturated carbocycles. The number of hydrogen-bond acceptors (Lipinski definition) is 6. The van der Waals surface area contributed by atoms with Gasteiger partial charge in [-0.25, -0.2) is 9.97 Å². The van der Waals surface area contributed by atoms with Crippen molar-refractivity contribution in [3.05, 3.63) is 94.6 Å². The van der Waals surface area contributed by atoms with Crippen molar-refractivity contribution < 1.29 is 19.2 Å². The second-order valence-corrected chi connectivity index (χ2v) is 7.44. The van der Waals surface area contributed by atoms with Crippen molar-refractivity contribution in [1.29, 1.82) is 0 Å². The van der Waals surface area contributed by atoms with Crippen molar-refractivity contribution in [2.24, 2.45) is 0 Å². The molecule has 10 heteroatoms. The van der Waals surface area contributed by atoms with Gasteiger partial charge in [-0.2, -0.15) is 0 Å². The Balaban J connectivity index is 1.52. The van der Waals surface area contributed by atoms with Crippen LogP contribution in [0.15, 0.2) is 60.7 Å². The third kappa shape index (κ3) is 6.94. The number of nitrogens with one attached hydrogen (secondary N) is 4. The quantitative estimate of drug-likeness (QED) is 0.370. The van der Waals surface area contributed by atoms with E-state index < -0.39 is 5.91 Å². The highest BCUT2D eigenvalue weighted by atomic mass is 16.2. The van der Waals surface area contributed by atoms with Crippen LogP contribution >= 0.6 is 0 Å². The van der Waals surface area contributed by atoms with E-state index in [0.29, 0.717) is 6.54 Å². The molecule has 0 aliphatic carbocycles. The Hall–Kier alpha value is -4.60. The van der Waals surface area contributed by atoms with E-state index in [1.165, 1.54) is 19.2 Å². The number of hydrogen-bond donors (Lipinski definition) is 4. The summed E-state index contributed by atoms with van der Waals surface area (Å²) < 4.78 is 0. The number of carbonyl (C=O) groups is 4. The minimum atomic E-state index is -0.394. The average molecular weight is 475 g/mol. The molecule has 0 saturated heterocycles. The molecule has 0 spiro atoms. The number of amides is 4. The topological polar surface area (TPSA) is 142 Å². The number of carbonyl (C=O) groups excluding carboxylic acids is 4. The van der Waals surface area contributed by atoms with Crippen LogP contribution in [-0.4, -0.2) is 47.2 Å². The summed E-state index contributed by atoms with van der Waals surface area (Å²) in [4.78, 5) is 56.6. The second kappa shape index (κ2) is 12.0. The van der Waals surface area contributed by atoms with Crippen LogP contribution < -0.4 is 21.3 Å². The van der Waals surface area contributed by atoms with Crippen LogP contribution in [0, 0.1) is 0 Å². The van der Waals surface area contributed by atoms with Gasteiger partial charge >= 0.3 is 0 Å². The normalized spacial score (nSPS) is 10.2. The lowest BCUT2D eigenvalue weighted by atomic mass is 10.1. The standard InChI is InChI=1S/C25H26N6O4/c1-3-27-23(33)19-7-5-9-21(31-19)25(35)29-15-17-12-10-16(11-13-17)14-28-24(34)20-8-4-6-18(30-20)22(32)26-2/h4-13H,3,14-15H2,1-2H3,(H,26,32)(H,27,33)(H,28,34)(H,29,35). The molecule has 0 aliphatic heterocycles. The van der Waals surface area contributed by atoms with Crippen molar-refractivity contribution in [3.63, 3.8) is 0 Å². The highest BCUT2D eigenvalue weighted by Gasteiger charge is 2.13. The van der Waals surface area contributed by atoms with Crippen LogP contribution in [-0.2, 0) is 13.1 Å². The molecule has 3 rings (SSSR count). The molecule has 4 N–H and O–H groups in total. The highest BCUT2D eigenvalue weighted by molar-refractivity contribution is 5.97. The molecule has 35 heavy (non-hydrogen) atoms. The number of nitrogens with zero attached hydrogens (tertiary/aromatic N) is 2. The van der Waals surface area contributed by atoms with Gasteiger partial charge in [-0.05, 0) is 42.3 Å². The van der Waals surface area contributed by atoms with Gasteiger partial charge in [0.25, 0.3) is 23.6 Å². The summed E-state index contributed by atoms with van der Waals surface area (Å²) in [5.74, 6) is -1.49. The van der Waals surface area contributed by atoms with Crippen molar-refractivity contribution in [3.8, 4) is 0 Å². The van der Waals surface area contributed by atoms with Gasteiger partial charge in [-0.15, -0.1) is 0 Å². The Morgan fingerprint density at radius 1 is 0.600 bits per heavy atom. The van der Waals surface area contributed by atoms with E-state index in [9.17, 15) is 19.2 Å². The number of pyridine rings is 2. The molecule has 10 nitrogen and oxygen atoms in total. The zero-order valence-corrected chi connectivity index (χ0v) is 19.4. The van der Waals surface area contributed by atoms with E-state index in [1.807, 2.05) is 24.3 Å². The molecule has 0 unspecified atom stereocenters. The van der Waals surface area contributed by atoms with Crippen LogP contribution in [0.3, 0.4) is 0 Å². The van der Waals surface area contributed by atoms with Gasteiger partial charge in [0.2, 0.25) is 0 Å². The Morgan fingerprint density at radius 2 is 0.971 bits per heavy atom. The first kappa shape index (κ1) is 25.0. The summed E-state index contributed by atoms with van der Waals surface area (Å²) in [5, 5.41) is 10.7. The lowest BCUT2D eigenvalue weighted by Gasteiger charge is -2.09. The SMILES string of the molecule is CCNC(=O)c1cccc(C(=O)NCc2ccc(CNC(=O)c3cccc(C(=O)NC)n3)cc2)n1. The Morgan fingerprint density at radius 3 is 1.34 bits per heavy atom. The third-order valence-electron chi connectivity index (χ3n) is 4.92. The Bertz CT molecular complexity index is 1230. The molecule has 0 atom stereocenters. The molecule has 0 bridgehead atoms. The fraction of sp³-hybridized carbons (Fsp3) is 0.200. The van der Waals surface area contributed by atoms with E-state index in [1.54, 1.807) is 31.2 Å². The van der Waals surface area contributed by atoms with Gasteiger partial charge in [-0.3, -0.25) is 19.2 Å². The minimum absolute atomic E-state index is 0.148. The first-order valence-electron chi connectivity index (χ1n) is 11.0. The summed E-state index contributed by atoms with van der Waals surface area (Å²) in [6, 6.07) is 16.7. The van der Waals surface area contributed by atoms with Gasteiger partial charge in [0.05, 0.1) is 0 Å². The molecule has 3 aromatic rings. The Labute approximate surface area is 202 Å². The molecule has 0 radical (unpaired) electrons. The van der Waals surface area contributed by atoms with Gasteiger partial charge in [0.1, 0.15) is 22.8 Å². The van der Waals surface area contributed by atoms with Crippen LogP contribution in [0.4, 0.5) is 0 Å². The van der Waals surface area contributed by atoms with E-state index in [-0.39, 0.29) is 53.6 Å². The molecule has 2 heterocycles. The summed E-state index contributed by atoms with van der Waals surface area (Å²) >= 11 is 0. The average Bonchev–Trinajstić information content (AvgIpc) is 2.90. The van der Waals surface area contributed by atoms with Crippen LogP contribution in [0.1, 0.15) is 60.0 Å². The van der Waals surface area contributed by atoms with Crippen LogP contribution in [0.2, 0.25) is 0 Å². The van der Waals surface area contributed by atoms with Crippen molar-refractivity contribution in [1.82, 2.24) is 31.2 Å². The monoisotopic (exact) mass is 474 g/mol. The molecular formula is C25H26N6O4. The molecule has 2 aromatic heterocycles. The van der Waals surface area contributed by atoms with E-state index in [0.717, 1.165) is 11.1 Å². The summed E-state index contributed by atoms with van der Waals surface area (Å²) in [5.41, 5.74) is 2.36. The molecule has 1 aromatic carbocycles. The fourth-order valence-corrected chi connectivity index (χ4v) is 3.08. The second-order valence-electron chi connectivity index (χ2n) is 7.44. The fourth-order valence-electron chi connectivity index (χ4n) is 3.08. The highest BCUT2D eigenvalue weighted by Crippen LogP contribution is 2.07. The molecular weight excluding hydrogens is 448 g/mol. The maximum absolute atomic E-state index is 12.4. The summed E-state index contributed by atoms with van der Waals surface area (Å²) in [7, 11) is 1.49. The predicted molar refractivity (Wildman–Crippen MR) is 129 cm³/mol. The van der Waals surface area contributed by atoms with E-state index in [4.69, 9.17) is 0 Å². The zero-order valence-electron chi connectivity index (χ0n) is 19.4. The van der Waals surface area contributed by atoms with Crippen molar-refractivity contribution in [2.45, 2.75) is 20.0 Å². The van der Waals surface area contributed by atoms with Gasteiger partial charge in [-0.1, -0.05) is 36.4 Å². The molecule has 0 aliphatic rings. The Kier molecular flexibility index (Phi) is 8.60. The maximum Gasteiger partial charge on any atom is 0.270 e. The lowest BCUT2D eigenvalue weighted by molar-refractivity contribution is 0.0929. The molecule has 0 fully saturated rings. The van der Waals surface area contributed by atoms with Crippen molar-refractivity contribution in [2.75, 3.05) is 13.6 Å². The van der Waals surface area contributed by atoms with Crippen LogP contribution in [0.5, 0.6) is 0 Å². The summed E-state index contributed by atoms with van der Waals surface area (Å²) in [6.07, 6.45) is 0. The number of benzene rings is 1. The first-order valence-corrected chi connectivity index (χ1v) is 11.0. The molecule has 180 valence electrons. The van der Waals surface area contributed by atoms with Gasteiger partial charge < -0.3 is 21.3 Å². The largest absolute Gasteiger partial charge is 0.354 e. The minimum Gasteiger partial charge on any atom is -0.354 e. The van der Waals surface area contributed by atoms with Gasteiger partial charge in [0, 0.05) is 26.7 Å². The summed E-state index contributed by atoms with van der Waals surface area (Å²) in [6.45, 7) is 2.82. The predicted octanol–water partition coefficient (Wildman–Crippen LogP) is 1.45. The van der Waals surface area contributed by atoms with E-state index in [2.05, 4.69) is 31.2 Å². The third-order valence-corrected chi connectivity index (χ3v) is 4.92. The zero-order chi connectivity index (χ0) is 25.2. The smallest absolute Gasteiger partial charge is 0.270 e. The number of rotatable bonds is 9. The maximum atomic E-state index is 12.4. The van der Waals surface area contributed by atoms with Gasteiger partial charge in [0.15, 0.2) is 0 Å². The molecule has 4 amide bonds. The lowest BCUT2D eigenvalue weighted by Crippen LogP contribution is -2.27. The van der Waals surface area contributed by atoms with Crippen molar-refractivity contribution >= 4 is 23.6 Å². The van der Waals surface area contributed by atoms with E-state index >= 15 is 0 Å².